The normalized spacial score (nSPS) is 14.9. The highest BCUT2D eigenvalue weighted by molar-refractivity contribution is 5.91. The van der Waals surface area contributed by atoms with Gasteiger partial charge in [0.25, 0.3) is 0 Å². The number of carbonyl (C=O) groups excluding carboxylic acids is 1. The number of carbonyl (C=O) groups is 1. The van der Waals surface area contributed by atoms with E-state index in [9.17, 15) is 4.79 Å². The van der Waals surface area contributed by atoms with Gasteiger partial charge >= 0.3 is 0 Å². The van der Waals surface area contributed by atoms with Crippen LogP contribution in [0.5, 0.6) is 0 Å². The first-order valence-corrected chi connectivity index (χ1v) is 9.02. The molecule has 1 N–H and O–H groups in total. The molecule has 4 rings (SSSR count). The molecule has 8 heteroatoms. The standard InChI is InChI=1S/C19H21N7O/c1-14-4-2-5-16(21-14)22-19(27)15-8-12-25(13-9-15)17-6-7-18(24-23-17)26-11-3-10-20-26/h2-7,10-11,15H,8-9,12-13H2,1H3,(H,21,22,27). The monoisotopic (exact) mass is 363 g/mol. The van der Waals surface area contributed by atoms with Gasteiger partial charge in [-0.1, -0.05) is 6.07 Å². The van der Waals surface area contributed by atoms with Crippen LogP contribution in [0.1, 0.15) is 18.5 Å². The minimum absolute atomic E-state index is 0.0140. The second-order valence-corrected chi connectivity index (χ2v) is 6.62. The molecule has 1 aliphatic heterocycles. The van der Waals surface area contributed by atoms with Crippen molar-refractivity contribution in [1.29, 1.82) is 0 Å². The lowest BCUT2D eigenvalue weighted by atomic mass is 9.96. The summed E-state index contributed by atoms with van der Waals surface area (Å²) in [5, 5.41) is 15.6. The van der Waals surface area contributed by atoms with Crippen LogP contribution in [-0.4, -0.2) is 44.0 Å². The third-order valence-electron chi connectivity index (χ3n) is 4.70. The lowest BCUT2D eigenvalue weighted by Gasteiger charge is -2.31. The van der Waals surface area contributed by atoms with Crippen molar-refractivity contribution in [3.05, 3.63) is 54.5 Å². The number of anilines is 2. The molecule has 0 spiro atoms. The Hall–Kier alpha value is -3.29. The number of nitrogens with zero attached hydrogens (tertiary/aromatic N) is 6. The molecular weight excluding hydrogens is 342 g/mol. The Morgan fingerprint density at radius 3 is 2.52 bits per heavy atom. The van der Waals surface area contributed by atoms with Crippen molar-refractivity contribution >= 4 is 17.5 Å². The number of aromatic nitrogens is 5. The summed E-state index contributed by atoms with van der Waals surface area (Å²) < 4.78 is 1.67. The first kappa shape index (κ1) is 17.1. The van der Waals surface area contributed by atoms with E-state index in [0.29, 0.717) is 11.6 Å². The summed E-state index contributed by atoms with van der Waals surface area (Å²) in [6, 6.07) is 11.3. The number of rotatable bonds is 4. The van der Waals surface area contributed by atoms with Crippen LogP contribution in [0.25, 0.3) is 5.82 Å². The number of piperidine rings is 1. The van der Waals surface area contributed by atoms with Crippen molar-refractivity contribution < 1.29 is 4.79 Å². The zero-order valence-corrected chi connectivity index (χ0v) is 15.1. The predicted molar refractivity (Wildman–Crippen MR) is 102 cm³/mol. The maximum atomic E-state index is 12.5. The minimum Gasteiger partial charge on any atom is -0.355 e. The van der Waals surface area contributed by atoms with Gasteiger partial charge in [0.15, 0.2) is 11.6 Å². The molecule has 138 valence electrons. The molecule has 1 fully saturated rings. The fourth-order valence-electron chi connectivity index (χ4n) is 3.23. The Kier molecular flexibility index (Phi) is 4.78. The highest BCUT2D eigenvalue weighted by Gasteiger charge is 2.26. The molecule has 0 radical (unpaired) electrons. The first-order chi connectivity index (χ1) is 13.2. The largest absolute Gasteiger partial charge is 0.355 e. The van der Waals surface area contributed by atoms with Crippen LogP contribution in [0.2, 0.25) is 0 Å². The Morgan fingerprint density at radius 1 is 1.07 bits per heavy atom. The van der Waals surface area contributed by atoms with Gasteiger partial charge in [0.1, 0.15) is 5.82 Å². The highest BCUT2D eigenvalue weighted by Crippen LogP contribution is 2.23. The molecule has 3 aromatic rings. The van der Waals surface area contributed by atoms with Gasteiger partial charge in [-0.15, -0.1) is 10.2 Å². The zero-order valence-electron chi connectivity index (χ0n) is 15.1. The number of hydrogen-bond acceptors (Lipinski definition) is 6. The van der Waals surface area contributed by atoms with E-state index in [1.165, 1.54) is 0 Å². The minimum atomic E-state index is -0.0140. The molecular formula is C19H21N7O. The Balaban J connectivity index is 1.34. The number of amides is 1. The second-order valence-electron chi connectivity index (χ2n) is 6.62. The van der Waals surface area contributed by atoms with Crippen molar-refractivity contribution in [1.82, 2.24) is 25.0 Å². The van der Waals surface area contributed by atoms with Crippen LogP contribution in [0.3, 0.4) is 0 Å². The van der Waals surface area contributed by atoms with Crippen LogP contribution in [-0.2, 0) is 4.79 Å². The molecule has 0 bridgehead atoms. The summed E-state index contributed by atoms with van der Waals surface area (Å²) in [6.07, 6.45) is 5.09. The summed E-state index contributed by atoms with van der Waals surface area (Å²) in [5.41, 5.74) is 0.889. The molecule has 1 amide bonds. The van der Waals surface area contributed by atoms with Crippen LogP contribution < -0.4 is 10.2 Å². The topological polar surface area (TPSA) is 88.8 Å². The molecule has 8 nitrogen and oxygen atoms in total. The van der Waals surface area contributed by atoms with Gasteiger partial charge in [-0.05, 0) is 50.1 Å². The summed E-state index contributed by atoms with van der Waals surface area (Å²) >= 11 is 0. The highest BCUT2D eigenvalue weighted by atomic mass is 16.1. The summed E-state index contributed by atoms with van der Waals surface area (Å²) in [7, 11) is 0. The molecule has 4 heterocycles. The molecule has 0 unspecified atom stereocenters. The molecule has 27 heavy (non-hydrogen) atoms. The maximum absolute atomic E-state index is 12.5. The van der Waals surface area contributed by atoms with Crippen molar-refractivity contribution in [3.8, 4) is 5.82 Å². The van der Waals surface area contributed by atoms with Gasteiger partial charge in [0.05, 0.1) is 0 Å². The maximum Gasteiger partial charge on any atom is 0.228 e. The molecule has 0 saturated carbocycles. The van der Waals surface area contributed by atoms with Gasteiger partial charge in [0, 0.05) is 37.1 Å². The molecule has 0 aliphatic carbocycles. The van der Waals surface area contributed by atoms with Crippen molar-refractivity contribution in [2.75, 3.05) is 23.3 Å². The number of pyridine rings is 1. The third-order valence-corrected chi connectivity index (χ3v) is 4.70. The van der Waals surface area contributed by atoms with E-state index in [1.54, 1.807) is 10.9 Å². The lowest BCUT2D eigenvalue weighted by molar-refractivity contribution is -0.120. The molecule has 3 aromatic heterocycles. The molecule has 1 saturated heterocycles. The third kappa shape index (κ3) is 3.94. The average molecular weight is 363 g/mol. The van der Waals surface area contributed by atoms with Crippen molar-refractivity contribution in [3.63, 3.8) is 0 Å². The van der Waals surface area contributed by atoms with E-state index < -0.39 is 0 Å². The Labute approximate surface area is 157 Å². The van der Waals surface area contributed by atoms with E-state index in [4.69, 9.17) is 0 Å². The van der Waals surface area contributed by atoms with Crippen molar-refractivity contribution in [2.45, 2.75) is 19.8 Å². The SMILES string of the molecule is Cc1cccc(NC(=O)C2CCN(c3ccc(-n4cccn4)nn3)CC2)n1. The Morgan fingerprint density at radius 2 is 1.85 bits per heavy atom. The molecule has 0 aromatic carbocycles. The van der Waals surface area contributed by atoms with Crippen LogP contribution in [0.4, 0.5) is 11.6 Å². The fourth-order valence-corrected chi connectivity index (χ4v) is 3.23. The van der Waals surface area contributed by atoms with Crippen molar-refractivity contribution in [2.24, 2.45) is 5.92 Å². The predicted octanol–water partition coefficient (Wildman–Crippen LogP) is 2.22. The van der Waals surface area contributed by atoms with Crippen LogP contribution >= 0.6 is 0 Å². The zero-order chi connectivity index (χ0) is 18.6. The van der Waals surface area contributed by atoms with Gasteiger partial charge in [0.2, 0.25) is 5.91 Å². The second kappa shape index (κ2) is 7.53. The van der Waals surface area contributed by atoms with E-state index in [1.807, 2.05) is 49.5 Å². The van der Waals surface area contributed by atoms with E-state index in [0.717, 1.165) is 37.4 Å². The lowest BCUT2D eigenvalue weighted by Crippen LogP contribution is -2.38. The molecule has 0 atom stereocenters. The number of hydrogen-bond donors (Lipinski definition) is 1. The summed E-state index contributed by atoms with van der Waals surface area (Å²) in [5.74, 6) is 2.14. The first-order valence-electron chi connectivity index (χ1n) is 9.02. The van der Waals surface area contributed by atoms with Gasteiger partial charge in [-0.3, -0.25) is 4.79 Å². The average Bonchev–Trinajstić information content (AvgIpc) is 3.23. The van der Waals surface area contributed by atoms with Gasteiger partial charge in [-0.2, -0.15) is 5.10 Å². The summed E-state index contributed by atoms with van der Waals surface area (Å²) in [6.45, 7) is 3.46. The smallest absolute Gasteiger partial charge is 0.228 e. The number of nitrogens with one attached hydrogen (secondary N) is 1. The van der Waals surface area contributed by atoms with E-state index in [2.05, 4.69) is 30.5 Å². The number of aryl methyl sites for hydroxylation is 1. The van der Waals surface area contributed by atoms with E-state index in [-0.39, 0.29) is 11.8 Å². The van der Waals surface area contributed by atoms with Crippen LogP contribution in [0.15, 0.2) is 48.8 Å². The van der Waals surface area contributed by atoms with Gasteiger partial charge < -0.3 is 10.2 Å². The van der Waals surface area contributed by atoms with E-state index >= 15 is 0 Å². The Bertz CT molecular complexity index is 900. The van der Waals surface area contributed by atoms with Crippen LogP contribution in [0, 0.1) is 12.8 Å². The summed E-state index contributed by atoms with van der Waals surface area (Å²) in [4.78, 5) is 19.0. The van der Waals surface area contributed by atoms with Gasteiger partial charge in [-0.25, -0.2) is 9.67 Å². The fraction of sp³-hybridized carbons (Fsp3) is 0.316. The quantitative estimate of drug-likeness (QED) is 0.765. The molecule has 1 aliphatic rings.